The molecule has 0 saturated carbocycles. The van der Waals surface area contributed by atoms with Crippen LogP contribution < -0.4 is 5.32 Å². The van der Waals surface area contributed by atoms with Crippen LogP contribution in [0.2, 0.25) is 0 Å². The van der Waals surface area contributed by atoms with Crippen LogP contribution >= 0.6 is 15.9 Å². The Morgan fingerprint density at radius 2 is 1.95 bits per heavy atom. The van der Waals surface area contributed by atoms with Crippen molar-refractivity contribution in [3.05, 3.63) is 33.8 Å². The molecule has 1 aromatic rings. The lowest BCUT2D eigenvalue weighted by molar-refractivity contribution is -0.138. The zero-order valence-corrected chi connectivity index (χ0v) is 14.1. The van der Waals surface area contributed by atoms with Gasteiger partial charge in [0.05, 0.1) is 5.56 Å². The molecule has 1 unspecified atom stereocenters. The molecule has 0 bridgehead atoms. The van der Waals surface area contributed by atoms with Crippen molar-refractivity contribution in [1.82, 2.24) is 5.32 Å². The Morgan fingerprint density at radius 3 is 2.43 bits per heavy atom. The molecule has 8 heteroatoms. The monoisotopic (exact) mass is 387 g/mol. The average molecular weight is 388 g/mol. The van der Waals surface area contributed by atoms with Gasteiger partial charge in [-0.1, -0.05) is 22.0 Å². The molecule has 1 aromatic carbocycles. The second-order valence-corrected chi connectivity index (χ2v) is 7.96. The number of sulfone groups is 1. The molecule has 0 aliphatic rings. The lowest BCUT2D eigenvalue weighted by Crippen LogP contribution is -2.18. The van der Waals surface area contributed by atoms with Crippen molar-refractivity contribution in [3.63, 3.8) is 0 Å². The fraction of sp³-hybridized carbons (Fsp3) is 0.538. The minimum Gasteiger partial charge on any atom is -0.313 e. The number of rotatable bonds is 6. The molecule has 0 amide bonds. The van der Waals surface area contributed by atoms with Crippen molar-refractivity contribution < 1.29 is 21.6 Å². The summed E-state index contributed by atoms with van der Waals surface area (Å²) in [7, 11) is -1.42. The lowest BCUT2D eigenvalue weighted by atomic mass is 10.00. The smallest absolute Gasteiger partial charge is 0.313 e. The molecule has 3 nitrogen and oxygen atoms in total. The number of hydrogen-bond acceptors (Lipinski definition) is 3. The van der Waals surface area contributed by atoms with Crippen LogP contribution in [-0.4, -0.2) is 27.5 Å². The van der Waals surface area contributed by atoms with E-state index in [9.17, 15) is 21.6 Å². The van der Waals surface area contributed by atoms with E-state index in [-0.39, 0.29) is 16.3 Å². The summed E-state index contributed by atoms with van der Waals surface area (Å²) in [4.78, 5) is 0. The topological polar surface area (TPSA) is 46.2 Å². The van der Waals surface area contributed by atoms with Gasteiger partial charge in [0, 0.05) is 22.5 Å². The molecule has 0 aliphatic carbocycles. The summed E-state index contributed by atoms with van der Waals surface area (Å²) in [6.07, 6.45) is -2.45. The maximum Gasteiger partial charge on any atom is 0.417 e. The number of benzene rings is 1. The van der Waals surface area contributed by atoms with E-state index >= 15 is 0 Å². The molecule has 0 heterocycles. The van der Waals surface area contributed by atoms with Gasteiger partial charge in [0.2, 0.25) is 0 Å². The fourth-order valence-corrected chi connectivity index (χ4v) is 3.17. The summed E-state index contributed by atoms with van der Waals surface area (Å²) >= 11 is 2.90. The van der Waals surface area contributed by atoms with Crippen LogP contribution in [0.15, 0.2) is 22.7 Å². The summed E-state index contributed by atoms with van der Waals surface area (Å²) in [6.45, 7) is 0. The van der Waals surface area contributed by atoms with E-state index in [0.29, 0.717) is 18.4 Å². The van der Waals surface area contributed by atoms with Crippen molar-refractivity contribution in [3.8, 4) is 0 Å². The highest BCUT2D eigenvalue weighted by molar-refractivity contribution is 9.10. The van der Waals surface area contributed by atoms with Gasteiger partial charge in [-0.05, 0) is 37.6 Å². The van der Waals surface area contributed by atoms with Crippen LogP contribution in [-0.2, 0) is 16.0 Å². The molecule has 120 valence electrons. The molecule has 1 atom stereocenters. The molecule has 0 saturated heterocycles. The van der Waals surface area contributed by atoms with E-state index in [2.05, 4.69) is 21.2 Å². The summed E-state index contributed by atoms with van der Waals surface area (Å²) in [5.74, 6) is 0.0217. The van der Waals surface area contributed by atoms with Gasteiger partial charge < -0.3 is 5.32 Å². The number of nitrogens with one attached hydrogen (secondary N) is 1. The first kappa shape index (κ1) is 18.4. The average Bonchev–Trinajstić information content (AvgIpc) is 2.33. The molecule has 1 N–H and O–H groups in total. The van der Waals surface area contributed by atoms with Crippen LogP contribution in [0.5, 0.6) is 0 Å². The first-order valence-corrected chi connectivity index (χ1v) is 9.11. The number of alkyl halides is 3. The quantitative estimate of drug-likeness (QED) is 0.811. The van der Waals surface area contributed by atoms with Crippen LogP contribution in [0.25, 0.3) is 0 Å². The van der Waals surface area contributed by atoms with E-state index in [1.54, 1.807) is 13.1 Å². The molecule has 0 fully saturated rings. The summed E-state index contributed by atoms with van der Waals surface area (Å²) < 4.78 is 60.8. The minimum atomic E-state index is -4.43. The zero-order chi connectivity index (χ0) is 16.3. The van der Waals surface area contributed by atoms with Crippen LogP contribution in [0.1, 0.15) is 30.0 Å². The van der Waals surface area contributed by atoms with Gasteiger partial charge in [-0.25, -0.2) is 8.42 Å². The molecular formula is C13H17BrF3NO2S. The fourth-order valence-electron chi connectivity index (χ4n) is 2.00. The highest BCUT2D eigenvalue weighted by Crippen LogP contribution is 2.36. The molecule has 0 radical (unpaired) electrons. The van der Waals surface area contributed by atoms with E-state index < -0.39 is 21.6 Å². The first-order chi connectivity index (χ1) is 9.54. The van der Waals surface area contributed by atoms with Crippen molar-refractivity contribution in [2.75, 3.05) is 19.1 Å². The summed E-state index contributed by atoms with van der Waals surface area (Å²) in [6, 6.07) is 3.73. The highest BCUT2D eigenvalue weighted by atomic mass is 79.9. The lowest BCUT2D eigenvalue weighted by Gasteiger charge is -2.19. The van der Waals surface area contributed by atoms with Gasteiger partial charge in [-0.3, -0.25) is 0 Å². The maximum atomic E-state index is 12.9. The third kappa shape index (κ3) is 5.96. The first-order valence-electron chi connectivity index (χ1n) is 6.26. The molecular weight excluding hydrogens is 371 g/mol. The zero-order valence-electron chi connectivity index (χ0n) is 11.7. The predicted molar refractivity (Wildman–Crippen MR) is 79.9 cm³/mol. The van der Waals surface area contributed by atoms with Crippen molar-refractivity contribution in [1.29, 1.82) is 0 Å². The Balaban J connectivity index is 2.91. The van der Waals surface area contributed by atoms with Crippen molar-refractivity contribution >= 4 is 25.8 Å². The second-order valence-electron chi connectivity index (χ2n) is 4.85. The van der Waals surface area contributed by atoms with Crippen LogP contribution in [0.3, 0.4) is 0 Å². The second kappa shape index (κ2) is 7.11. The molecule has 21 heavy (non-hydrogen) atoms. The van der Waals surface area contributed by atoms with Gasteiger partial charge in [0.25, 0.3) is 0 Å². The molecule has 0 aliphatic heterocycles. The number of hydrogen-bond donors (Lipinski definition) is 1. The Bertz CT molecular complexity index is 588. The summed E-state index contributed by atoms with van der Waals surface area (Å²) in [5.41, 5.74) is -0.245. The van der Waals surface area contributed by atoms with E-state index in [1.165, 1.54) is 6.07 Å². The van der Waals surface area contributed by atoms with Gasteiger partial charge >= 0.3 is 6.18 Å². The third-order valence-electron chi connectivity index (χ3n) is 3.05. The minimum absolute atomic E-state index is 0.00950. The van der Waals surface area contributed by atoms with Gasteiger partial charge in [0.1, 0.15) is 9.84 Å². The number of halogens is 4. The van der Waals surface area contributed by atoms with E-state index in [1.807, 2.05) is 0 Å². The van der Waals surface area contributed by atoms with Gasteiger partial charge in [-0.2, -0.15) is 13.2 Å². The highest BCUT2D eigenvalue weighted by Gasteiger charge is 2.33. The van der Waals surface area contributed by atoms with E-state index in [4.69, 9.17) is 0 Å². The maximum absolute atomic E-state index is 12.9. The summed E-state index contributed by atoms with van der Waals surface area (Å²) in [5, 5.41) is 2.93. The third-order valence-corrected chi connectivity index (χ3v) is 4.78. The molecule has 0 aromatic heterocycles. The van der Waals surface area contributed by atoms with Crippen LogP contribution in [0, 0.1) is 0 Å². The normalized spacial score (nSPS) is 14.2. The molecule has 0 spiro atoms. The van der Waals surface area contributed by atoms with E-state index in [0.717, 1.165) is 12.3 Å². The Labute approximate surface area is 131 Å². The Kier molecular flexibility index (Phi) is 6.24. The van der Waals surface area contributed by atoms with Crippen molar-refractivity contribution in [2.45, 2.75) is 25.1 Å². The SMILES string of the molecule is CNC(CCCS(C)(=O)=O)c1ccc(Br)c(C(F)(F)F)c1. The van der Waals surface area contributed by atoms with Crippen molar-refractivity contribution in [2.24, 2.45) is 0 Å². The van der Waals surface area contributed by atoms with Gasteiger partial charge in [-0.15, -0.1) is 0 Å². The standard InChI is InChI=1S/C13H17BrF3NO2S/c1-18-12(4-3-7-21(2,19)20)9-5-6-11(14)10(8-9)13(15,16)17/h5-6,8,12,18H,3-4,7H2,1-2H3. The largest absolute Gasteiger partial charge is 0.417 e. The Hall–Kier alpha value is -0.600. The predicted octanol–water partition coefficient (Wildman–Crippen LogP) is 3.55. The van der Waals surface area contributed by atoms with Gasteiger partial charge in [0.15, 0.2) is 0 Å². The van der Waals surface area contributed by atoms with Crippen LogP contribution in [0.4, 0.5) is 13.2 Å². The Morgan fingerprint density at radius 1 is 1.33 bits per heavy atom. The molecule has 1 rings (SSSR count).